The van der Waals surface area contributed by atoms with E-state index in [1.165, 1.54) is 218 Å². The molecule has 0 heterocycles. The highest BCUT2D eigenvalue weighted by Gasteiger charge is 2.52. The van der Waals surface area contributed by atoms with Gasteiger partial charge in [-0.2, -0.15) is 0 Å². The second-order valence-corrected chi connectivity index (χ2v) is 38.3. The third-order valence-corrected chi connectivity index (χ3v) is 31.7. The van der Waals surface area contributed by atoms with Crippen LogP contribution in [-0.2, 0) is 0 Å². The summed E-state index contributed by atoms with van der Waals surface area (Å²) in [6.45, 7) is 52.5. The molecule has 0 heteroatoms. The Morgan fingerprint density at radius 3 is 0.476 bits per heavy atom. The lowest BCUT2D eigenvalue weighted by Gasteiger charge is -2.51. The largest absolute Gasteiger partial charge is 0.0648 e. The molecule has 0 aliphatic heterocycles. The Labute approximate surface area is 529 Å². The van der Waals surface area contributed by atoms with Crippen molar-refractivity contribution in [3.05, 3.63) is 0 Å². The predicted octanol–water partition coefficient (Wildman–Crippen LogP) is 28.9. The molecule has 6 atom stereocenters. The molecule has 11 aliphatic rings. The first-order valence-corrected chi connectivity index (χ1v) is 36.9. The van der Waals surface area contributed by atoms with Gasteiger partial charge in [0.25, 0.3) is 0 Å². The molecule has 0 amide bonds. The summed E-state index contributed by atoms with van der Waals surface area (Å²) in [5.74, 6) is 0. The summed E-state index contributed by atoms with van der Waals surface area (Å²) in [5, 5.41) is 0. The van der Waals surface area contributed by atoms with Crippen molar-refractivity contribution in [1.82, 2.24) is 0 Å². The van der Waals surface area contributed by atoms with Crippen LogP contribution in [0, 0.1) is 86.6 Å². The molecule has 0 nitrogen and oxygen atoms in total. The van der Waals surface area contributed by atoms with Gasteiger partial charge < -0.3 is 0 Å². The van der Waals surface area contributed by atoms with Crippen molar-refractivity contribution in [1.29, 1.82) is 0 Å². The van der Waals surface area contributed by atoms with Crippen LogP contribution in [0.15, 0.2) is 0 Å². The molecule has 82 heavy (non-hydrogen) atoms. The predicted molar refractivity (Wildman–Crippen MR) is 371 cm³/mol. The van der Waals surface area contributed by atoms with Gasteiger partial charge in [-0.1, -0.05) is 295 Å². The van der Waals surface area contributed by atoms with E-state index in [0.717, 1.165) is 60.2 Å². The number of hydrogen-bond donors (Lipinski definition) is 0. The fourth-order valence-electron chi connectivity index (χ4n) is 19.4. The molecule has 0 saturated heterocycles. The maximum atomic E-state index is 7.51. The normalized spacial score (nSPS) is 41.9. The average molecular weight is 1150 g/mol. The van der Waals surface area contributed by atoms with Gasteiger partial charge in [0.15, 0.2) is 0 Å². The SMILES string of the molecule is CC1(C)CCCC1(C)C.CC1(C)CCCC1(C)C.CC1(C2(C)CCCCC2)CCCCC1.CC12CCCC1(C)CCC2.CC[C@@]1(C)CCC[C@@]1(C)CC.C[C@@]12CCCC[C@]1(C)CCC2.[2H]C([2H])([2H])[C@]1(C)CCCC1(C)C.[2H]C([2H])([2H])[C@]1(C)CCCC1(C)C. The van der Waals surface area contributed by atoms with Crippen molar-refractivity contribution in [2.24, 2.45) is 86.6 Å². The van der Waals surface area contributed by atoms with Crippen molar-refractivity contribution in [3.8, 4) is 0 Å². The van der Waals surface area contributed by atoms with Crippen molar-refractivity contribution in [2.75, 3.05) is 0 Å². The Bertz CT molecular complexity index is 1900. The highest BCUT2D eigenvalue weighted by Crippen LogP contribution is 2.64. The van der Waals surface area contributed by atoms with Crippen molar-refractivity contribution in [2.45, 2.75) is 437 Å². The van der Waals surface area contributed by atoms with Crippen LogP contribution in [-0.4, -0.2) is 0 Å². The first kappa shape index (κ1) is 65.0. The lowest BCUT2D eigenvalue weighted by atomic mass is 9.54. The van der Waals surface area contributed by atoms with Gasteiger partial charge in [-0.25, -0.2) is 0 Å². The summed E-state index contributed by atoms with van der Waals surface area (Å²) < 4.78 is 45.1. The average Bonchev–Trinajstić information content (AvgIpc) is 1.76. The smallest absolute Gasteiger partial charge is 0.0236 e. The summed E-state index contributed by atoms with van der Waals surface area (Å²) in [7, 11) is 0. The zero-order chi connectivity index (χ0) is 67.3. The van der Waals surface area contributed by atoms with Crippen LogP contribution < -0.4 is 0 Å². The van der Waals surface area contributed by atoms with E-state index in [4.69, 9.17) is 8.22 Å². The molecular formula is C82H158. The number of fused-ring (bicyclic) bond motifs is 2. The van der Waals surface area contributed by atoms with Gasteiger partial charge in [-0.05, 0) is 228 Å². The zero-order valence-electron chi connectivity index (χ0n) is 67.3. The first-order chi connectivity index (χ1) is 39.9. The third kappa shape index (κ3) is 17.1. The topological polar surface area (TPSA) is 0 Å². The molecule has 0 unspecified atom stereocenters. The molecule has 0 N–H and O–H groups in total. The lowest BCUT2D eigenvalue weighted by molar-refractivity contribution is -0.00381. The molecular weight excluding hydrogens is 985 g/mol. The maximum Gasteiger partial charge on any atom is 0.0236 e. The summed E-state index contributed by atoms with van der Waals surface area (Å²) in [6.07, 6.45) is 55.9. The quantitative estimate of drug-likeness (QED) is 0.264. The van der Waals surface area contributed by atoms with E-state index in [1.807, 2.05) is 13.8 Å². The van der Waals surface area contributed by atoms with Crippen LogP contribution in [0.4, 0.5) is 0 Å². The molecule has 11 rings (SSSR count). The van der Waals surface area contributed by atoms with Crippen molar-refractivity contribution < 1.29 is 8.22 Å². The summed E-state index contributed by atoms with van der Waals surface area (Å²) in [6, 6.07) is 0. The van der Waals surface area contributed by atoms with Crippen LogP contribution >= 0.6 is 0 Å². The molecule has 0 spiro atoms. The van der Waals surface area contributed by atoms with Gasteiger partial charge in [-0.3, -0.25) is 0 Å². The van der Waals surface area contributed by atoms with Gasteiger partial charge in [-0.15, -0.1) is 0 Å². The van der Waals surface area contributed by atoms with Crippen molar-refractivity contribution in [3.63, 3.8) is 0 Å². The third-order valence-electron chi connectivity index (χ3n) is 31.7. The van der Waals surface area contributed by atoms with E-state index in [0.29, 0.717) is 43.3 Å². The number of hydrogen-bond acceptors (Lipinski definition) is 0. The van der Waals surface area contributed by atoms with Gasteiger partial charge in [0, 0.05) is 8.22 Å². The van der Waals surface area contributed by atoms with Gasteiger partial charge >= 0.3 is 0 Å². The molecule has 0 radical (unpaired) electrons. The second kappa shape index (κ2) is 28.0. The fourth-order valence-corrected chi connectivity index (χ4v) is 19.4. The first-order valence-electron chi connectivity index (χ1n) is 39.9. The Hall–Kier alpha value is 0. The molecule has 0 aromatic rings. The van der Waals surface area contributed by atoms with Crippen LogP contribution in [0.25, 0.3) is 0 Å². The standard InChI is InChI=1S/C14H26.C11H20.C11H22.C10H18.4C9H18/c1-13(9-5-3-6-10-13)14(2)11-7-4-8-12-14;1-10-6-3-4-7-11(10,2)9-5-8-10;1-5-10(3)8-7-9-11(10,4)6-2;1-9-5-3-7-10(9,2)8-4-6-9;4*1-8(2)6-5-7-9(8,3)4/h3-12H2,1-2H3;3-9H2,1-2H3;5-9H2,1-4H3;3-8H2,1-2H3;4*5-7H2,1-4H3/t;2*10-,11+;;;;;/i;;;;2*1D3;;/t;;;;2*8-;;/m....00../s1. The van der Waals surface area contributed by atoms with Crippen LogP contribution in [0.3, 0.4) is 0 Å². The van der Waals surface area contributed by atoms with Gasteiger partial charge in [0.2, 0.25) is 0 Å². The Kier molecular flexibility index (Phi) is 22.2. The molecule has 486 valence electrons. The molecule has 11 aliphatic carbocycles. The molecule has 0 aromatic heterocycles. The Morgan fingerprint density at radius 2 is 0.329 bits per heavy atom. The fraction of sp³-hybridized carbons (Fsp3) is 1.00. The minimum absolute atomic E-state index is 0.0295. The van der Waals surface area contributed by atoms with Crippen LogP contribution in [0.1, 0.15) is 445 Å². The Balaban J connectivity index is 0.000000216. The summed E-state index contributed by atoms with van der Waals surface area (Å²) in [5.41, 5.74) is 6.95. The second-order valence-electron chi connectivity index (χ2n) is 38.3. The van der Waals surface area contributed by atoms with Crippen molar-refractivity contribution >= 4 is 0 Å². The lowest BCUT2D eigenvalue weighted by Crippen LogP contribution is -2.40. The minimum Gasteiger partial charge on any atom is -0.0648 e. The van der Waals surface area contributed by atoms with E-state index >= 15 is 0 Å². The maximum absolute atomic E-state index is 7.51. The highest BCUT2D eigenvalue weighted by molar-refractivity contribution is 5.03. The number of rotatable bonds is 3. The van der Waals surface area contributed by atoms with E-state index in [2.05, 4.69) is 152 Å². The summed E-state index contributed by atoms with van der Waals surface area (Å²) >= 11 is 0. The van der Waals surface area contributed by atoms with E-state index in [9.17, 15) is 0 Å². The van der Waals surface area contributed by atoms with E-state index < -0.39 is 24.5 Å². The zero-order valence-corrected chi connectivity index (χ0v) is 61.3. The van der Waals surface area contributed by atoms with Crippen LogP contribution in [0.2, 0.25) is 0 Å². The molecule has 11 saturated carbocycles. The highest BCUT2D eigenvalue weighted by atomic mass is 14.6. The minimum atomic E-state index is -1.80. The Morgan fingerprint density at radius 1 is 0.183 bits per heavy atom. The summed E-state index contributed by atoms with van der Waals surface area (Å²) in [4.78, 5) is 0. The van der Waals surface area contributed by atoms with E-state index in [-0.39, 0.29) is 10.8 Å². The van der Waals surface area contributed by atoms with Gasteiger partial charge in [0.1, 0.15) is 0 Å². The molecule has 0 bridgehead atoms. The van der Waals surface area contributed by atoms with Crippen LogP contribution in [0.5, 0.6) is 0 Å². The molecule has 0 aromatic carbocycles. The van der Waals surface area contributed by atoms with Gasteiger partial charge in [0.05, 0.1) is 0 Å². The van der Waals surface area contributed by atoms with E-state index in [1.54, 1.807) is 0 Å². The monoisotopic (exact) mass is 1150 g/mol. The molecule has 11 fully saturated rings.